The van der Waals surface area contributed by atoms with Crippen molar-refractivity contribution in [2.24, 2.45) is 0 Å². The Balaban J connectivity index is 1.49. The van der Waals surface area contributed by atoms with Gasteiger partial charge in [0, 0.05) is 17.6 Å². The third-order valence-electron chi connectivity index (χ3n) is 5.30. The lowest BCUT2D eigenvalue weighted by Gasteiger charge is -2.16. The molecule has 4 rings (SSSR count). The van der Waals surface area contributed by atoms with Crippen LogP contribution in [0.2, 0.25) is 0 Å². The second kappa shape index (κ2) is 10.2. The number of hydrogen-bond donors (Lipinski definition) is 2. The van der Waals surface area contributed by atoms with Crippen molar-refractivity contribution >= 4 is 23.1 Å². The zero-order valence-electron chi connectivity index (χ0n) is 19.0. The van der Waals surface area contributed by atoms with Crippen molar-refractivity contribution in [1.29, 1.82) is 0 Å². The van der Waals surface area contributed by atoms with Crippen molar-refractivity contribution in [3.63, 3.8) is 0 Å². The van der Waals surface area contributed by atoms with Gasteiger partial charge in [-0.25, -0.2) is 4.98 Å². The van der Waals surface area contributed by atoms with E-state index in [1.807, 2.05) is 26.0 Å². The molecule has 0 unspecified atom stereocenters. The summed E-state index contributed by atoms with van der Waals surface area (Å²) in [6, 6.07) is 13.9. The van der Waals surface area contributed by atoms with Crippen LogP contribution in [0, 0.1) is 0 Å². The maximum atomic E-state index is 13.6. The summed E-state index contributed by atoms with van der Waals surface area (Å²) < 4.78 is 52.2. The number of nitrogens with zero attached hydrogens (tertiary/aromatic N) is 2. The SMILES string of the molecule is CC(C)Oc1ccc(Nc2nc(Nc3ccc(OC4CCCC4)cc3)ncc2C(F)(F)F)cc1. The molecule has 9 heteroatoms. The molecule has 3 aromatic rings. The van der Waals surface area contributed by atoms with Gasteiger partial charge in [-0.2, -0.15) is 18.2 Å². The molecule has 34 heavy (non-hydrogen) atoms. The predicted molar refractivity (Wildman–Crippen MR) is 125 cm³/mol. The summed E-state index contributed by atoms with van der Waals surface area (Å²) >= 11 is 0. The highest BCUT2D eigenvalue weighted by Gasteiger charge is 2.35. The van der Waals surface area contributed by atoms with Crippen LogP contribution in [-0.2, 0) is 6.18 Å². The molecule has 0 spiro atoms. The summed E-state index contributed by atoms with van der Waals surface area (Å²) in [5.74, 6) is 1.09. The first-order chi connectivity index (χ1) is 16.3. The standard InChI is InChI=1S/C25H27F3N4O2/c1-16(2)33-20-11-7-17(8-12-20)30-23-22(25(26,27)28)15-29-24(32-23)31-18-9-13-21(14-10-18)34-19-5-3-4-6-19/h7-16,19H,3-6H2,1-2H3,(H2,29,30,31,32). The highest BCUT2D eigenvalue weighted by Crippen LogP contribution is 2.35. The minimum Gasteiger partial charge on any atom is -0.491 e. The number of ether oxygens (including phenoxy) is 2. The van der Waals surface area contributed by atoms with Gasteiger partial charge in [0.1, 0.15) is 22.9 Å². The van der Waals surface area contributed by atoms with Crippen LogP contribution in [0.5, 0.6) is 11.5 Å². The van der Waals surface area contributed by atoms with Gasteiger partial charge in [0.25, 0.3) is 0 Å². The monoisotopic (exact) mass is 472 g/mol. The first-order valence-electron chi connectivity index (χ1n) is 11.3. The fourth-order valence-corrected chi connectivity index (χ4v) is 3.72. The molecule has 0 aliphatic heterocycles. The Morgan fingerprint density at radius 1 is 0.882 bits per heavy atom. The van der Waals surface area contributed by atoms with E-state index in [4.69, 9.17) is 9.47 Å². The first-order valence-corrected chi connectivity index (χ1v) is 11.3. The van der Waals surface area contributed by atoms with E-state index < -0.39 is 11.7 Å². The van der Waals surface area contributed by atoms with E-state index in [9.17, 15) is 13.2 Å². The Morgan fingerprint density at radius 3 is 2.06 bits per heavy atom. The topological polar surface area (TPSA) is 68.3 Å². The molecule has 1 fully saturated rings. The lowest BCUT2D eigenvalue weighted by Crippen LogP contribution is -2.13. The summed E-state index contributed by atoms with van der Waals surface area (Å²) in [4.78, 5) is 7.95. The molecular formula is C25H27F3N4O2. The third-order valence-corrected chi connectivity index (χ3v) is 5.30. The summed E-state index contributed by atoms with van der Waals surface area (Å²) in [5, 5.41) is 5.70. The summed E-state index contributed by atoms with van der Waals surface area (Å²) in [7, 11) is 0. The quantitative estimate of drug-likeness (QED) is 0.365. The second-order valence-electron chi connectivity index (χ2n) is 8.44. The number of alkyl halides is 3. The van der Waals surface area contributed by atoms with Gasteiger partial charge in [0.2, 0.25) is 5.95 Å². The normalized spacial score (nSPS) is 14.3. The van der Waals surface area contributed by atoms with Crippen molar-refractivity contribution in [3.8, 4) is 11.5 Å². The van der Waals surface area contributed by atoms with Crippen LogP contribution in [0.15, 0.2) is 54.7 Å². The van der Waals surface area contributed by atoms with E-state index in [1.54, 1.807) is 36.4 Å². The lowest BCUT2D eigenvalue weighted by atomic mass is 10.2. The number of aromatic nitrogens is 2. The molecule has 180 valence electrons. The van der Waals surface area contributed by atoms with Gasteiger partial charge in [-0.3, -0.25) is 0 Å². The molecule has 0 atom stereocenters. The average Bonchev–Trinajstić information content (AvgIpc) is 3.29. The molecule has 1 aromatic heterocycles. The van der Waals surface area contributed by atoms with Gasteiger partial charge in [0.15, 0.2) is 0 Å². The molecule has 6 nitrogen and oxygen atoms in total. The molecule has 2 aromatic carbocycles. The van der Waals surface area contributed by atoms with E-state index in [-0.39, 0.29) is 24.0 Å². The summed E-state index contributed by atoms with van der Waals surface area (Å²) in [6.45, 7) is 3.79. The molecule has 0 bridgehead atoms. The van der Waals surface area contributed by atoms with Gasteiger partial charge in [-0.1, -0.05) is 0 Å². The van der Waals surface area contributed by atoms with Crippen LogP contribution >= 0.6 is 0 Å². The zero-order chi connectivity index (χ0) is 24.1. The van der Waals surface area contributed by atoms with E-state index in [2.05, 4.69) is 20.6 Å². The average molecular weight is 473 g/mol. The van der Waals surface area contributed by atoms with Crippen molar-refractivity contribution in [2.45, 2.75) is 57.9 Å². The molecular weight excluding hydrogens is 445 g/mol. The Kier molecular flexibility index (Phi) is 7.09. The number of rotatable bonds is 8. The lowest BCUT2D eigenvalue weighted by molar-refractivity contribution is -0.137. The van der Waals surface area contributed by atoms with Crippen LogP contribution in [-0.4, -0.2) is 22.2 Å². The van der Waals surface area contributed by atoms with E-state index in [0.717, 1.165) is 24.8 Å². The van der Waals surface area contributed by atoms with E-state index >= 15 is 0 Å². The number of nitrogens with one attached hydrogen (secondary N) is 2. The van der Waals surface area contributed by atoms with Crippen molar-refractivity contribution in [2.75, 3.05) is 10.6 Å². The Labute approximate surface area is 196 Å². The molecule has 1 heterocycles. The van der Waals surface area contributed by atoms with Gasteiger partial charge in [-0.15, -0.1) is 0 Å². The highest BCUT2D eigenvalue weighted by molar-refractivity contribution is 5.63. The number of halogens is 3. The predicted octanol–water partition coefficient (Wildman–Crippen LogP) is 7.09. The van der Waals surface area contributed by atoms with Crippen LogP contribution in [0.25, 0.3) is 0 Å². The second-order valence-corrected chi connectivity index (χ2v) is 8.44. The largest absolute Gasteiger partial charge is 0.491 e. The molecule has 0 amide bonds. The minimum atomic E-state index is -4.61. The number of anilines is 4. The van der Waals surface area contributed by atoms with Crippen molar-refractivity contribution in [3.05, 3.63) is 60.3 Å². The smallest absolute Gasteiger partial charge is 0.421 e. The molecule has 1 aliphatic rings. The highest BCUT2D eigenvalue weighted by atomic mass is 19.4. The van der Waals surface area contributed by atoms with Crippen LogP contribution in [0.4, 0.5) is 36.3 Å². The van der Waals surface area contributed by atoms with Gasteiger partial charge in [-0.05, 0) is 88.1 Å². The maximum Gasteiger partial charge on any atom is 0.421 e. The Bertz CT molecular complexity index is 1080. The summed E-state index contributed by atoms with van der Waals surface area (Å²) in [6.07, 6.45) is 0.882. The third kappa shape index (κ3) is 6.30. The molecule has 1 aliphatic carbocycles. The molecule has 0 saturated heterocycles. The molecule has 0 radical (unpaired) electrons. The zero-order valence-corrected chi connectivity index (χ0v) is 19.0. The van der Waals surface area contributed by atoms with Gasteiger partial charge < -0.3 is 20.1 Å². The van der Waals surface area contributed by atoms with Crippen LogP contribution < -0.4 is 20.1 Å². The molecule has 2 N–H and O–H groups in total. The Morgan fingerprint density at radius 2 is 1.47 bits per heavy atom. The van der Waals surface area contributed by atoms with Crippen molar-refractivity contribution in [1.82, 2.24) is 9.97 Å². The number of hydrogen-bond acceptors (Lipinski definition) is 6. The van der Waals surface area contributed by atoms with Crippen molar-refractivity contribution < 1.29 is 22.6 Å². The fourth-order valence-electron chi connectivity index (χ4n) is 3.72. The van der Waals surface area contributed by atoms with E-state index in [1.165, 1.54) is 12.8 Å². The minimum absolute atomic E-state index is 0.00512. The van der Waals surface area contributed by atoms with Crippen LogP contribution in [0.3, 0.4) is 0 Å². The van der Waals surface area contributed by atoms with Gasteiger partial charge in [0.05, 0.1) is 12.2 Å². The maximum absolute atomic E-state index is 13.6. The number of benzene rings is 2. The van der Waals surface area contributed by atoms with Crippen LogP contribution in [0.1, 0.15) is 45.1 Å². The van der Waals surface area contributed by atoms with E-state index in [0.29, 0.717) is 17.1 Å². The molecule has 1 saturated carbocycles. The first kappa shape index (κ1) is 23.7. The summed E-state index contributed by atoms with van der Waals surface area (Å²) in [5.41, 5.74) is 0.125. The fraction of sp³-hybridized carbons (Fsp3) is 0.360. The van der Waals surface area contributed by atoms with Gasteiger partial charge >= 0.3 is 6.18 Å². The Hall–Kier alpha value is -3.49.